The van der Waals surface area contributed by atoms with E-state index in [-0.39, 0.29) is 18.1 Å². The average Bonchev–Trinajstić information content (AvgIpc) is 2.56. The molecule has 0 spiro atoms. The van der Waals surface area contributed by atoms with Gasteiger partial charge in [-0.25, -0.2) is 4.79 Å². The first kappa shape index (κ1) is 16.1. The van der Waals surface area contributed by atoms with Crippen molar-refractivity contribution in [2.75, 3.05) is 5.75 Å². The topological polar surface area (TPSA) is 54.0 Å². The van der Waals surface area contributed by atoms with Gasteiger partial charge in [-0.05, 0) is 48.7 Å². The highest BCUT2D eigenvalue weighted by molar-refractivity contribution is 7.99. The summed E-state index contributed by atoms with van der Waals surface area (Å²) in [5.41, 5.74) is 2.07. The summed E-state index contributed by atoms with van der Waals surface area (Å²) in [5, 5.41) is 6.72. The van der Waals surface area contributed by atoms with E-state index in [9.17, 15) is 4.79 Å². The van der Waals surface area contributed by atoms with Crippen molar-refractivity contribution in [3.05, 3.63) is 58.9 Å². The molecule has 1 aliphatic rings. The predicted octanol–water partition coefficient (Wildman–Crippen LogP) is 4.33. The lowest BCUT2D eigenvalue weighted by Gasteiger charge is -2.27. The van der Waals surface area contributed by atoms with Crippen LogP contribution in [0, 0.1) is 0 Å². The standard InChI is InChI=1S/C17H18ClN3OS/c1-11(12-3-2-7-19-10-12)20-17(22)21-15-6-8-23-16-5-4-13(18)9-14(15)16/h2-5,7,9-11,15H,6,8H2,1H3,(H2,20,21,22). The summed E-state index contributed by atoms with van der Waals surface area (Å²) in [5.74, 6) is 0.984. The van der Waals surface area contributed by atoms with Crippen molar-refractivity contribution in [2.45, 2.75) is 30.3 Å². The summed E-state index contributed by atoms with van der Waals surface area (Å²) in [4.78, 5) is 17.6. The van der Waals surface area contributed by atoms with Crippen LogP contribution in [0.3, 0.4) is 0 Å². The highest BCUT2D eigenvalue weighted by Gasteiger charge is 2.23. The average molecular weight is 348 g/mol. The Morgan fingerprint density at radius 3 is 3.09 bits per heavy atom. The molecule has 6 heteroatoms. The van der Waals surface area contributed by atoms with Crippen LogP contribution in [0.1, 0.15) is 36.6 Å². The molecule has 1 aromatic carbocycles. The Morgan fingerprint density at radius 1 is 1.43 bits per heavy atom. The van der Waals surface area contributed by atoms with Gasteiger partial charge in [0.05, 0.1) is 12.1 Å². The van der Waals surface area contributed by atoms with Crippen LogP contribution in [0.5, 0.6) is 0 Å². The molecule has 3 rings (SSSR count). The second-order valence-corrected chi connectivity index (χ2v) is 7.07. The molecule has 4 nitrogen and oxygen atoms in total. The summed E-state index contributed by atoms with van der Waals surface area (Å²) in [6.07, 6.45) is 4.38. The molecule has 1 aliphatic heterocycles. The minimum Gasteiger partial charge on any atom is -0.332 e. The molecule has 0 fully saturated rings. The number of pyridine rings is 1. The fourth-order valence-electron chi connectivity index (χ4n) is 2.63. The second kappa shape index (κ2) is 7.23. The van der Waals surface area contributed by atoms with Gasteiger partial charge in [-0.2, -0.15) is 0 Å². The molecule has 2 atom stereocenters. The quantitative estimate of drug-likeness (QED) is 0.868. The molecule has 0 saturated heterocycles. The zero-order chi connectivity index (χ0) is 16.2. The van der Waals surface area contributed by atoms with Gasteiger partial charge < -0.3 is 10.6 Å². The number of amides is 2. The van der Waals surface area contributed by atoms with Crippen molar-refractivity contribution in [3.8, 4) is 0 Å². The van der Waals surface area contributed by atoms with E-state index < -0.39 is 0 Å². The number of halogens is 1. The highest BCUT2D eigenvalue weighted by Crippen LogP contribution is 2.37. The van der Waals surface area contributed by atoms with E-state index in [1.807, 2.05) is 37.3 Å². The molecule has 0 bridgehead atoms. The summed E-state index contributed by atoms with van der Waals surface area (Å²) < 4.78 is 0. The molecule has 2 amide bonds. The maximum Gasteiger partial charge on any atom is 0.315 e. The summed E-state index contributed by atoms with van der Waals surface area (Å²) in [6.45, 7) is 1.94. The molecule has 2 N–H and O–H groups in total. The first-order valence-corrected chi connectivity index (χ1v) is 8.89. The summed E-state index contributed by atoms with van der Waals surface area (Å²) in [6, 6.07) is 9.38. The third kappa shape index (κ3) is 3.98. The van der Waals surface area contributed by atoms with E-state index in [4.69, 9.17) is 11.6 Å². The Labute approximate surface area is 145 Å². The third-order valence-corrected chi connectivity index (χ3v) is 5.21. The van der Waals surface area contributed by atoms with Crippen molar-refractivity contribution in [1.82, 2.24) is 15.6 Å². The van der Waals surface area contributed by atoms with Crippen LogP contribution in [0.2, 0.25) is 5.02 Å². The van der Waals surface area contributed by atoms with Crippen LogP contribution in [-0.2, 0) is 0 Å². The lowest BCUT2D eigenvalue weighted by molar-refractivity contribution is 0.233. The molecule has 0 saturated carbocycles. The lowest BCUT2D eigenvalue weighted by Crippen LogP contribution is -2.40. The zero-order valence-electron chi connectivity index (χ0n) is 12.8. The Hall–Kier alpha value is -1.72. The number of carbonyl (C=O) groups excluding carboxylic acids is 1. The number of urea groups is 1. The number of thioether (sulfide) groups is 1. The highest BCUT2D eigenvalue weighted by atomic mass is 35.5. The number of aromatic nitrogens is 1. The Kier molecular flexibility index (Phi) is 5.08. The van der Waals surface area contributed by atoms with Crippen LogP contribution >= 0.6 is 23.4 Å². The van der Waals surface area contributed by atoms with Crippen molar-refractivity contribution < 1.29 is 4.79 Å². The van der Waals surface area contributed by atoms with Crippen LogP contribution in [0.25, 0.3) is 0 Å². The molecule has 1 aromatic heterocycles. The van der Waals surface area contributed by atoms with Crippen molar-refractivity contribution in [1.29, 1.82) is 0 Å². The van der Waals surface area contributed by atoms with E-state index in [1.54, 1.807) is 24.2 Å². The second-order valence-electron chi connectivity index (χ2n) is 5.50. The monoisotopic (exact) mass is 347 g/mol. The molecule has 2 heterocycles. The van der Waals surface area contributed by atoms with Gasteiger partial charge in [0.15, 0.2) is 0 Å². The minimum atomic E-state index is -0.177. The largest absolute Gasteiger partial charge is 0.332 e. The number of nitrogens with one attached hydrogen (secondary N) is 2. The molecular weight excluding hydrogens is 330 g/mol. The molecule has 120 valence electrons. The molecule has 2 unspecified atom stereocenters. The normalized spacial score (nSPS) is 17.9. The van der Waals surface area contributed by atoms with Crippen LogP contribution < -0.4 is 10.6 Å². The Bertz CT molecular complexity index is 695. The van der Waals surface area contributed by atoms with Gasteiger partial charge in [-0.3, -0.25) is 4.98 Å². The van der Waals surface area contributed by atoms with E-state index in [2.05, 4.69) is 15.6 Å². The molecular formula is C17H18ClN3OS. The minimum absolute atomic E-state index is 0.00829. The number of benzene rings is 1. The van der Waals surface area contributed by atoms with Crippen LogP contribution in [-0.4, -0.2) is 16.8 Å². The maximum atomic E-state index is 12.3. The molecule has 23 heavy (non-hydrogen) atoms. The Balaban J connectivity index is 1.66. The van der Waals surface area contributed by atoms with E-state index >= 15 is 0 Å². The smallest absolute Gasteiger partial charge is 0.315 e. The number of hydrogen-bond donors (Lipinski definition) is 2. The molecule has 2 aromatic rings. The van der Waals surface area contributed by atoms with Crippen molar-refractivity contribution in [3.63, 3.8) is 0 Å². The van der Waals surface area contributed by atoms with Gasteiger partial charge in [0.25, 0.3) is 0 Å². The van der Waals surface area contributed by atoms with Gasteiger partial charge in [0, 0.05) is 28.1 Å². The number of fused-ring (bicyclic) bond motifs is 1. The van der Waals surface area contributed by atoms with Gasteiger partial charge in [-0.1, -0.05) is 17.7 Å². The van der Waals surface area contributed by atoms with Crippen LogP contribution in [0.4, 0.5) is 4.79 Å². The molecule has 0 radical (unpaired) electrons. The Morgan fingerprint density at radius 2 is 2.30 bits per heavy atom. The zero-order valence-corrected chi connectivity index (χ0v) is 14.3. The van der Waals surface area contributed by atoms with E-state index in [1.165, 1.54) is 4.90 Å². The predicted molar refractivity (Wildman–Crippen MR) is 93.9 cm³/mol. The van der Waals surface area contributed by atoms with E-state index in [0.717, 1.165) is 23.3 Å². The number of hydrogen-bond acceptors (Lipinski definition) is 3. The summed E-state index contributed by atoms with van der Waals surface area (Å²) in [7, 11) is 0. The van der Waals surface area contributed by atoms with Gasteiger partial charge in [-0.15, -0.1) is 11.8 Å². The SMILES string of the molecule is CC(NC(=O)NC1CCSc2ccc(Cl)cc21)c1cccnc1. The fourth-order valence-corrected chi connectivity index (χ4v) is 3.91. The maximum absolute atomic E-state index is 12.3. The van der Waals surface area contributed by atoms with Crippen molar-refractivity contribution in [2.24, 2.45) is 0 Å². The van der Waals surface area contributed by atoms with Crippen LogP contribution in [0.15, 0.2) is 47.6 Å². The first-order chi connectivity index (χ1) is 11.1. The summed E-state index contributed by atoms with van der Waals surface area (Å²) >= 11 is 7.90. The fraction of sp³-hybridized carbons (Fsp3) is 0.294. The number of carbonyl (C=O) groups is 1. The lowest BCUT2D eigenvalue weighted by atomic mass is 10.0. The molecule has 0 aliphatic carbocycles. The third-order valence-electron chi connectivity index (χ3n) is 3.85. The number of nitrogens with zero attached hydrogens (tertiary/aromatic N) is 1. The van der Waals surface area contributed by atoms with Crippen molar-refractivity contribution >= 4 is 29.4 Å². The van der Waals surface area contributed by atoms with E-state index in [0.29, 0.717) is 5.02 Å². The van der Waals surface area contributed by atoms with Gasteiger partial charge >= 0.3 is 6.03 Å². The van der Waals surface area contributed by atoms with Gasteiger partial charge in [0.1, 0.15) is 0 Å². The number of rotatable bonds is 3. The van der Waals surface area contributed by atoms with Gasteiger partial charge in [0.2, 0.25) is 0 Å². The first-order valence-electron chi connectivity index (χ1n) is 7.52.